The molecule has 26 heavy (non-hydrogen) atoms. The van der Waals surface area contributed by atoms with Crippen LogP contribution in [0.15, 0.2) is 30.3 Å². The highest BCUT2D eigenvalue weighted by Crippen LogP contribution is 2.26. The second-order valence-corrected chi connectivity index (χ2v) is 6.95. The Labute approximate surface area is 160 Å². The summed E-state index contributed by atoms with van der Waals surface area (Å²) in [5.74, 6) is 0.292. The molecule has 1 aromatic rings. The minimum absolute atomic E-state index is 0.202. The SMILES string of the molecule is COCCN(C=O)C1CCC(CNC(=S)NC(=O)c2ccccc2)CC1. The zero-order valence-corrected chi connectivity index (χ0v) is 16.0. The summed E-state index contributed by atoms with van der Waals surface area (Å²) in [7, 11) is 1.64. The Morgan fingerprint density at radius 2 is 1.96 bits per heavy atom. The van der Waals surface area contributed by atoms with Gasteiger partial charge in [0, 0.05) is 31.8 Å². The minimum atomic E-state index is -0.202. The fourth-order valence-electron chi connectivity index (χ4n) is 3.24. The van der Waals surface area contributed by atoms with Crippen LogP contribution in [0, 0.1) is 5.92 Å². The van der Waals surface area contributed by atoms with Crippen LogP contribution in [-0.4, -0.2) is 55.2 Å². The molecule has 2 N–H and O–H groups in total. The van der Waals surface area contributed by atoms with Crippen LogP contribution >= 0.6 is 12.2 Å². The van der Waals surface area contributed by atoms with Gasteiger partial charge in [-0.05, 0) is 56.0 Å². The van der Waals surface area contributed by atoms with E-state index in [2.05, 4.69) is 10.6 Å². The molecule has 0 aromatic heterocycles. The quantitative estimate of drug-likeness (QED) is 0.535. The predicted molar refractivity (Wildman–Crippen MR) is 105 cm³/mol. The number of carbonyl (C=O) groups excluding carboxylic acids is 2. The minimum Gasteiger partial charge on any atom is -0.383 e. The highest BCUT2D eigenvalue weighted by Gasteiger charge is 2.25. The van der Waals surface area contributed by atoms with Crippen molar-refractivity contribution in [1.29, 1.82) is 0 Å². The highest BCUT2D eigenvalue weighted by atomic mass is 32.1. The summed E-state index contributed by atoms with van der Waals surface area (Å²) in [5.41, 5.74) is 0.585. The van der Waals surface area contributed by atoms with E-state index in [-0.39, 0.29) is 5.91 Å². The Hall–Kier alpha value is -1.99. The van der Waals surface area contributed by atoms with Crippen molar-refractivity contribution in [3.63, 3.8) is 0 Å². The van der Waals surface area contributed by atoms with Gasteiger partial charge in [-0.2, -0.15) is 0 Å². The maximum atomic E-state index is 12.1. The third-order valence-corrected chi connectivity index (χ3v) is 5.04. The molecule has 1 saturated carbocycles. The summed E-state index contributed by atoms with van der Waals surface area (Å²) < 4.78 is 5.06. The lowest BCUT2D eigenvalue weighted by molar-refractivity contribution is -0.121. The van der Waals surface area contributed by atoms with Gasteiger partial charge in [0.05, 0.1) is 6.61 Å². The van der Waals surface area contributed by atoms with E-state index in [0.717, 1.165) is 38.6 Å². The fraction of sp³-hybridized carbons (Fsp3) is 0.526. The zero-order valence-electron chi connectivity index (χ0n) is 15.1. The van der Waals surface area contributed by atoms with Crippen molar-refractivity contribution in [2.75, 3.05) is 26.8 Å². The van der Waals surface area contributed by atoms with Crippen LogP contribution in [0.25, 0.3) is 0 Å². The van der Waals surface area contributed by atoms with Gasteiger partial charge in [0.2, 0.25) is 6.41 Å². The second-order valence-electron chi connectivity index (χ2n) is 6.54. The van der Waals surface area contributed by atoms with Gasteiger partial charge in [-0.3, -0.25) is 14.9 Å². The number of methoxy groups -OCH3 is 1. The molecule has 0 aliphatic heterocycles. The summed E-state index contributed by atoms with van der Waals surface area (Å²) in [4.78, 5) is 25.1. The molecule has 0 saturated heterocycles. The number of rotatable bonds is 8. The summed E-state index contributed by atoms with van der Waals surface area (Å²) in [5, 5.41) is 6.21. The summed E-state index contributed by atoms with van der Waals surface area (Å²) in [6.07, 6.45) is 4.96. The smallest absolute Gasteiger partial charge is 0.257 e. The molecule has 0 unspecified atom stereocenters. The van der Waals surface area contributed by atoms with Crippen LogP contribution in [0.4, 0.5) is 0 Å². The molecule has 1 aliphatic rings. The van der Waals surface area contributed by atoms with Crippen molar-refractivity contribution in [3.8, 4) is 0 Å². The fourth-order valence-corrected chi connectivity index (χ4v) is 3.42. The lowest BCUT2D eigenvalue weighted by Gasteiger charge is -2.34. The van der Waals surface area contributed by atoms with Crippen LogP contribution in [0.3, 0.4) is 0 Å². The van der Waals surface area contributed by atoms with Gasteiger partial charge in [-0.15, -0.1) is 0 Å². The van der Waals surface area contributed by atoms with Gasteiger partial charge < -0.3 is 15.0 Å². The van der Waals surface area contributed by atoms with Crippen molar-refractivity contribution >= 4 is 29.6 Å². The number of hydrogen-bond donors (Lipinski definition) is 2. The van der Waals surface area contributed by atoms with Crippen molar-refractivity contribution in [2.45, 2.75) is 31.7 Å². The number of hydrogen-bond acceptors (Lipinski definition) is 4. The number of ether oxygens (including phenoxy) is 1. The number of nitrogens with zero attached hydrogens (tertiary/aromatic N) is 1. The standard InChI is InChI=1S/C19H27N3O3S/c1-25-12-11-22(14-23)17-9-7-15(8-10-17)13-20-19(26)21-18(24)16-5-3-2-4-6-16/h2-6,14-15,17H,7-13H2,1H3,(H2,20,21,24,26). The molecule has 142 valence electrons. The molecule has 1 aromatic carbocycles. The first-order valence-corrected chi connectivity index (χ1v) is 9.39. The first-order valence-electron chi connectivity index (χ1n) is 8.98. The van der Waals surface area contributed by atoms with E-state index in [9.17, 15) is 9.59 Å². The summed E-state index contributed by atoms with van der Waals surface area (Å²) in [6.45, 7) is 1.94. The molecule has 1 fully saturated rings. The Morgan fingerprint density at radius 1 is 1.27 bits per heavy atom. The molecule has 0 heterocycles. The van der Waals surface area contributed by atoms with Crippen LogP contribution in [0.2, 0.25) is 0 Å². The lowest BCUT2D eigenvalue weighted by atomic mass is 9.85. The average molecular weight is 378 g/mol. The molecule has 6 nitrogen and oxygen atoms in total. The van der Waals surface area contributed by atoms with Gasteiger partial charge in [-0.1, -0.05) is 18.2 Å². The summed E-state index contributed by atoms with van der Waals surface area (Å²) in [6, 6.07) is 9.30. The van der Waals surface area contributed by atoms with Crippen LogP contribution in [0.1, 0.15) is 36.0 Å². The molecule has 2 rings (SSSR count). The maximum absolute atomic E-state index is 12.1. The van der Waals surface area contributed by atoms with E-state index in [1.54, 1.807) is 19.2 Å². The van der Waals surface area contributed by atoms with E-state index < -0.39 is 0 Å². The Morgan fingerprint density at radius 3 is 2.58 bits per heavy atom. The van der Waals surface area contributed by atoms with Crippen molar-refractivity contribution in [3.05, 3.63) is 35.9 Å². The molecule has 7 heteroatoms. The Bertz CT molecular complexity index is 589. The normalized spacial score (nSPS) is 19.4. The molecule has 2 amide bonds. The summed E-state index contributed by atoms with van der Waals surface area (Å²) >= 11 is 5.22. The van der Waals surface area contributed by atoms with E-state index in [1.165, 1.54) is 0 Å². The molecule has 0 spiro atoms. The Balaban J connectivity index is 1.68. The molecular weight excluding hydrogens is 350 g/mol. The average Bonchev–Trinajstić information content (AvgIpc) is 2.68. The van der Waals surface area contributed by atoms with Crippen LogP contribution in [0.5, 0.6) is 0 Å². The molecule has 0 bridgehead atoms. The zero-order chi connectivity index (χ0) is 18.8. The molecular formula is C19H27N3O3S. The first-order chi connectivity index (χ1) is 12.6. The van der Waals surface area contributed by atoms with Gasteiger partial charge in [-0.25, -0.2) is 0 Å². The number of nitrogens with one attached hydrogen (secondary N) is 2. The first kappa shape index (κ1) is 20.3. The van der Waals surface area contributed by atoms with E-state index >= 15 is 0 Å². The van der Waals surface area contributed by atoms with Gasteiger partial charge in [0.15, 0.2) is 5.11 Å². The monoisotopic (exact) mass is 377 g/mol. The van der Waals surface area contributed by atoms with E-state index in [0.29, 0.717) is 35.8 Å². The third-order valence-electron chi connectivity index (χ3n) is 4.79. The van der Waals surface area contributed by atoms with Crippen molar-refractivity contribution in [2.24, 2.45) is 5.92 Å². The van der Waals surface area contributed by atoms with Gasteiger partial charge in [0.25, 0.3) is 5.91 Å². The van der Waals surface area contributed by atoms with E-state index in [1.807, 2.05) is 23.1 Å². The second kappa shape index (κ2) is 10.9. The number of carbonyl (C=O) groups is 2. The topological polar surface area (TPSA) is 70.7 Å². The third kappa shape index (κ3) is 6.38. The highest BCUT2D eigenvalue weighted by molar-refractivity contribution is 7.80. The molecule has 0 atom stereocenters. The largest absolute Gasteiger partial charge is 0.383 e. The number of benzene rings is 1. The molecule has 1 aliphatic carbocycles. The number of thiocarbonyl (C=S) groups is 1. The van der Waals surface area contributed by atoms with Gasteiger partial charge in [0.1, 0.15) is 0 Å². The maximum Gasteiger partial charge on any atom is 0.257 e. The lowest BCUT2D eigenvalue weighted by Crippen LogP contribution is -2.43. The Kier molecular flexibility index (Phi) is 8.50. The van der Waals surface area contributed by atoms with Crippen LogP contribution in [-0.2, 0) is 9.53 Å². The van der Waals surface area contributed by atoms with Crippen molar-refractivity contribution in [1.82, 2.24) is 15.5 Å². The van der Waals surface area contributed by atoms with Crippen LogP contribution < -0.4 is 10.6 Å². The molecule has 0 radical (unpaired) electrons. The predicted octanol–water partition coefficient (Wildman–Crippen LogP) is 1.95. The van der Waals surface area contributed by atoms with Gasteiger partial charge >= 0.3 is 0 Å². The van der Waals surface area contributed by atoms with Crippen molar-refractivity contribution < 1.29 is 14.3 Å². The van der Waals surface area contributed by atoms with E-state index in [4.69, 9.17) is 17.0 Å². The number of amides is 2.